The molecule has 3 aromatic rings. The van der Waals surface area contributed by atoms with Gasteiger partial charge in [0.25, 0.3) is 0 Å². The van der Waals surface area contributed by atoms with E-state index in [0.29, 0.717) is 0 Å². The molecule has 0 unspecified atom stereocenters. The number of hydrogen-bond acceptors (Lipinski definition) is 3. The topological polar surface area (TPSA) is 75.3 Å². The van der Waals surface area contributed by atoms with Gasteiger partial charge in [0.15, 0.2) is 0 Å². The van der Waals surface area contributed by atoms with Gasteiger partial charge >= 0.3 is 0 Å². The highest BCUT2D eigenvalue weighted by Crippen LogP contribution is 2.23. The van der Waals surface area contributed by atoms with E-state index in [2.05, 4.69) is 10.0 Å². The number of nitrogens with one attached hydrogen (secondary N) is 2. The zero-order chi connectivity index (χ0) is 20.1. The number of hydrogen-bond donors (Lipinski definition) is 2. The molecule has 0 aliphatic heterocycles. The molecule has 0 aromatic heterocycles. The van der Waals surface area contributed by atoms with Crippen molar-refractivity contribution in [2.45, 2.75) is 24.8 Å². The van der Waals surface area contributed by atoms with Crippen molar-refractivity contribution in [3.8, 4) is 0 Å². The van der Waals surface area contributed by atoms with Gasteiger partial charge in [-0.3, -0.25) is 4.79 Å². The summed E-state index contributed by atoms with van der Waals surface area (Å²) in [7, 11) is -3.52. The minimum absolute atomic E-state index is 0.178. The molecule has 0 bridgehead atoms. The second-order valence-electron chi connectivity index (χ2n) is 6.69. The summed E-state index contributed by atoms with van der Waals surface area (Å²) < 4.78 is 26.8. The van der Waals surface area contributed by atoms with Crippen molar-refractivity contribution in [3.63, 3.8) is 0 Å². The van der Waals surface area contributed by atoms with Crippen molar-refractivity contribution in [1.82, 2.24) is 4.72 Å². The van der Waals surface area contributed by atoms with E-state index in [1.165, 1.54) is 18.2 Å². The van der Waals surface area contributed by atoms with E-state index in [0.717, 1.165) is 22.0 Å². The number of anilines is 1. The fourth-order valence-electron chi connectivity index (χ4n) is 2.82. The van der Waals surface area contributed by atoms with Crippen LogP contribution in [0.2, 0.25) is 0 Å². The quantitative estimate of drug-likeness (QED) is 0.616. The van der Waals surface area contributed by atoms with Crippen LogP contribution in [0.25, 0.3) is 16.8 Å². The van der Waals surface area contributed by atoms with Crippen LogP contribution in [0.3, 0.4) is 0 Å². The molecule has 0 saturated heterocycles. The average Bonchev–Trinajstić information content (AvgIpc) is 2.66. The Morgan fingerprint density at radius 3 is 2.32 bits per heavy atom. The van der Waals surface area contributed by atoms with Gasteiger partial charge in [-0.25, -0.2) is 13.1 Å². The lowest BCUT2D eigenvalue weighted by atomic mass is 10.1. The van der Waals surface area contributed by atoms with Gasteiger partial charge in [-0.1, -0.05) is 48.5 Å². The Morgan fingerprint density at radius 2 is 1.61 bits per heavy atom. The minimum atomic E-state index is -3.52. The Bertz CT molecular complexity index is 1110. The summed E-state index contributed by atoms with van der Waals surface area (Å²) in [6, 6.07) is 19.8. The van der Waals surface area contributed by atoms with Crippen LogP contribution in [0.5, 0.6) is 0 Å². The molecule has 3 aromatic carbocycles. The lowest BCUT2D eigenvalue weighted by Gasteiger charge is -2.09. The number of carbonyl (C=O) groups is 1. The maximum atomic E-state index is 12.3. The van der Waals surface area contributed by atoms with Gasteiger partial charge in [-0.15, -0.1) is 0 Å². The number of benzene rings is 3. The maximum Gasteiger partial charge on any atom is 0.248 e. The standard InChI is InChI=1S/C22H22N2O3S/c1-16(2)24-28(26,27)19-13-10-17(11-14-19)12-15-22(25)23-21-9-5-7-18-6-3-4-8-20(18)21/h3-16,24H,1-2H3,(H,23,25)/b15-12+. The van der Waals surface area contributed by atoms with Crippen LogP contribution >= 0.6 is 0 Å². The normalized spacial score (nSPS) is 12.0. The highest BCUT2D eigenvalue weighted by Gasteiger charge is 2.14. The van der Waals surface area contributed by atoms with Gasteiger partial charge in [0.05, 0.1) is 4.90 Å². The molecule has 0 aliphatic carbocycles. The molecule has 5 nitrogen and oxygen atoms in total. The molecular weight excluding hydrogens is 372 g/mol. The van der Waals surface area contributed by atoms with Gasteiger partial charge in [-0.2, -0.15) is 0 Å². The predicted molar refractivity (Wildman–Crippen MR) is 114 cm³/mol. The third-order valence-corrected chi connectivity index (χ3v) is 5.73. The number of rotatable bonds is 6. The fraction of sp³-hybridized carbons (Fsp3) is 0.136. The first-order valence-corrected chi connectivity index (χ1v) is 10.4. The molecular formula is C22H22N2O3S. The van der Waals surface area contributed by atoms with E-state index < -0.39 is 10.0 Å². The summed E-state index contributed by atoms with van der Waals surface area (Å²) >= 11 is 0. The third kappa shape index (κ3) is 4.85. The predicted octanol–water partition coefficient (Wildman–Crippen LogP) is 4.18. The molecule has 6 heteroatoms. The van der Waals surface area contributed by atoms with Gasteiger partial charge in [0.1, 0.15) is 0 Å². The molecule has 0 heterocycles. The van der Waals surface area contributed by atoms with Crippen molar-refractivity contribution in [3.05, 3.63) is 78.4 Å². The maximum absolute atomic E-state index is 12.3. The van der Waals surface area contributed by atoms with Crippen molar-refractivity contribution in [2.24, 2.45) is 0 Å². The monoisotopic (exact) mass is 394 g/mol. The molecule has 144 valence electrons. The van der Waals surface area contributed by atoms with Crippen molar-refractivity contribution < 1.29 is 13.2 Å². The molecule has 0 spiro atoms. The number of amides is 1. The van der Waals surface area contributed by atoms with Crippen LogP contribution in [0.4, 0.5) is 5.69 Å². The van der Waals surface area contributed by atoms with Gasteiger partial charge in [0, 0.05) is 23.2 Å². The number of sulfonamides is 1. The molecule has 0 fully saturated rings. The highest BCUT2D eigenvalue weighted by atomic mass is 32.2. The first-order valence-electron chi connectivity index (χ1n) is 8.94. The second-order valence-corrected chi connectivity index (χ2v) is 8.41. The summed E-state index contributed by atoms with van der Waals surface area (Å²) in [4.78, 5) is 12.5. The van der Waals surface area contributed by atoms with Crippen molar-refractivity contribution in [1.29, 1.82) is 0 Å². The molecule has 2 N–H and O–H groups in total. The van der Waals surface area contributed by atoms with E-state index in [4.69, 9.17) is 0 Å². The summed E-state index contributed by atoms with van der Waals surface area (Å²) in [6.07, 6.45) is 3.07. The van der Waals surface area contributed by atoms with Crippen molar-refractivity contribution >= 4 is 38.5 Å². The molecule has 0 atom stereocenters. The van der Waals surface area contributed by atoms with Crippen LogP contribution in [-0.2, 0) is 14.8 Å². The lowest BCUT2D eigenvalue weighted by Crippen LogP contribution is -2.30. The summed E-state index contributed by atoms with van der Waals surface area (Å²) in [5.74, 6) is -0.255. The summed E-state index contributed by atoms with van der Waals surface area (Å²) in [6.45, 7) is 3.53. The second kappa shape index (κ2) is 8.37. The smallest absolute Gasteiger partial charge is 0.248 e. The average molecular weight is 394 g/mol. The Labute approximate surface area is 165 Å². The number of carbonyl (C=O) groups excluding carboxylic acids is 1. The zero-order valence-corrected chi connectivity index (χ0v) is 16.5. The first kappa shape index (κ1) is 19.8. The van der Waals surface area contributed by atoms with E-state index in [9.17, 15) is 13.2 Å². The SMILES string of the molecule is CC(C)NS(=O)(=O)c1ccc(/C=C/C(=O)Nc2cccc3ccccc23)cc1. The summed E-state index contributed by atoms with van der Waals surface area (Å²) in [5, 5.41) is 4.90. The molecule has 28 heavy (non-hydrogen) atoms. The van der Waals surface area contributed by atoms with E-state index in [1.54, 1.807) is 32.1 Å². The van der Waals surface area contributed by atoms with E-state index in [-0.39, 0.29) is 16.8 Å². The summed E-state index contributed by atoms with van der Waals surface area (Å²) in [5.41, 5.74) is 1.48. The van der Waals surface area contributed by atoms with Crippen LogP contribution in [0, 0.1) is 0 Å². The van der Waals surface area contributed by atoms with E-state index >= 15 is 0 Å². The largest absolute Gasteiger partial charge is 0.322 e. The molecule has 1 amide bonds. The van der Waals surface area contributed by atoms with Gasteiger partial charge in [-0.05, 0) is 49.1 Å². The third-order valence-electron chi connectivity index (χ3n) is 4.06. The number of fused-ring (bicyclic) bond motifs is 1. The molecule has 0 aliphatic rings. The van der Waals surface area contributed by atoms with Crippen LogP contribution < -0.4 is 10.0 Å². The lowest BCUT2D eigenvalue weighted by molar-refractivity contribution is -0.111. The van der Waals surface area contributed by atoms with Gasteiger partial charge in [0.2, 0.25) is 15.9 Å². The fourth-order valence-corrected chi connectivity index (χ4v) is 4.07. The Balaban J connectivity index is 1.70. The van der Waals surface area contributed by atoms with Crippen molar-refractivity contribution in [2.75, 3.05) is 5.32 Å². The zero-order valence-electron chi connectivity index (χ0n) is 15.7. The molecule has 3 rings (SSSR count). The van der Waals surface area contributed by atoms with Crippen LogP contribution in [-0.4, -0.2) is 20.4 Å². The van der Waals surface area contributed by atoms with Crippen LogP contribution in [0.15, 0.2) is 77.7 Å². The Hall–Kier alpha value is -2.96. The highest BCUT2D eigenvalue weighted by molar-refractivity contribution is 7.89. The first-order chi connectivity index (χ1) is 13.3. The van der Waals surface area contributed by atoms with Gasteiger partial charge < -0.3 is 5.32 Å². The molecule has 0 radical (unpaired) electrons. The Kier molecular flexibility index (Phi) is 5.92. The minimum Gasteiger partial charge on any atom is -0.322 e. The molecule has 0 saturated carbocycles. The Morgan fingerprint density at radius 1 is 0.929 bits per heavy atom. The van der Waals surface area contributed by atoms with Crippen LogP contribution in [0.1, 0.15) is 19.4 Å². The van der Waals surface area contributed by atoms with E-state index in [1.807, 2.05) is 42.5 Å².